The number of benzene rings is 2. The summed E-state index contributed by atoms with van der Waals surface area (Å²) in [5.74, 6) is 0.732. The number of aromatic nitrogens is 5. The molecule has 4 rings (SSSR count). The van der Waals surface area contributed by atoms with Crippen molar-refractivity contribution in [3.05, 3.63) is 64.7 Å². The summed E-state index contributed by atoms with van der Waals surface area (Å²) in [5.41, 5.74) is 1.45. The Labute approximate surface area is 193 Å². The van der Waals surface area contributed by atoms with Gasteiger partial charge in [0.25, 0.3) is 5.56 Å². The first kappa shape index (κ1) is 22.3. The van der Waals surface area contributed by atoms with Gasteiger partial charge >= 0.3 is 0 Å². The number of rotatable bonds is 8. The molecule has 0 aliphatic carbocycles. The number of ether oxygens (including phenoxy) is 2. The van der Waals surface area contributed by atoms with Crippen molar-refractivity contribution in [1.82, 2.24) is 24.3 Å². The van der Waals surface area contributed by atoms with Gasteiger partial charge in [0.2, 0.25) is 5.91 Å². The molecule has 0 unspecified atom stereocenters. The molecule has 1 N–H and O–H groups in total. The van der Waals surface area contributed by atoms with E-state index in [0.29, 0.717) is 51.8 Å². The first-order valence-corrected chi connectivity index (χ1v) is 10.4. The SMILES string of the molecule is COc1cc2ncn(CCCC(=O)Nc3cc(Cl)ccc3-n3cncn3)c(=O)c2cc1OC. The zero-order valence-corrected chi connectivity index (χ0v) is 18.7. The van der Waals surface area contributed by atoms with E-state index in [1.165, 1.54) is 42.5 Å². The highest BCUT2D eigenvalue weighted by Gasteiger charge is 2.13. The van der Waals surface area contributed by atoms with Crippen LogP contribution in [0.2, 0.25) is 5.02 Å². The smallest absolute Gasteiger partial charge is 0.261 e. The summed E-state index contributed by atoms with van der Waals surface area (Å²) in [5, 5.41) is 7.84. The molecule has 0 bridgehead atoms. The molecule has 0 radical (unpaired) electrons. The number of fused-ring (bicyclic) bond motifs is 1. The fourth-order valence-electron chi connectivity index (χ4n) is 3.41. The van der Waals surface area contributed by atoms with Crippen LogP contribution in [0.5, 0.6) is 11.5 Å². The second kappa shape index (κ2) is 9.70. The van der Waals surface area contributed by atoms with E-state index in [9.17, 15) is 9.59 Å². The van der Waals surface area contributed by atoms with Gasteiger partial charge in [-0.3, -0.25) is 14.2 Å². The van der Waals surface area contributed by atoms with Crippen LogP contribution in [0.3, 0.4) is 0 Å². The lowest BCUT2D eigenvalue weighted by Crippen LogP contribution is -2.22. The van der Waals surface area contributed by atoms with E-state index in [0.717, 1.165) is 0 Å². The van der Waals surface area contributed by atoms with Gasteiger partial charge in [-0.1, -0.05) is 11.6 Å². The molecule has 11 heteroatoms. The number of nitrogens with zero attached hydrogens (tertiary/aromatic N) is 5. The molecule has 0 spiro atoms. The van der Waals surface area contributed by atoms with Crippen LogP contribution in [0, 0.1) is 0 Å². The minimum absolute atomic E-state index is 0.194. The number of carbonyl (C=O) groups is 1. The third kappa shape index (κ3) is 4.80. The second-order valence-corrected chi connectivity index (χ2v) is 7.56. The van der Waals surface area contributed by atoms with Crippen LogP contribution in [0.1, 0.15) is 12.8 Å². The van der Waals surface area contributed by atoms with Gasteiger partial charge in [0, 0.05) is 24.1 Å². The molecule has 2 heterocycles. The van der Waals surface area contributed by atoms with Crippen molar-refractivity contribution >= 4 is 34.1 Å². The Hall–Kier alpha value is -3.92. The van der Waals surface area contributed by atoms with Gasteiger partial charge in [-0.25, -0.2) is 14.6 Å². The first-order valence-electron chi connectivity index (χ1n) is 10.1. The summed E-state index contributed by atoms with van der Waals surface area (Å²) < 4.78 is 13.5. The van der Waals surface area contributed by atoms with Gasteiger partial charge in [-0.15, -0.1) is 0 Å². The molecule has 0 saturated heterocycles. The number of hydrogen-bond acceptors (Lipinski definition) is 7. The fraction of sp³-hybridized carbons (Fsp3) is 0.227. The van der Waals surface area contributed by atoms with Gasteiger partial charge in [-0.05, 0) is 30.7 Å². The average molecular weight is 469 g/mol. The largest absolute Gasteiger partial charge is 0.493 e. The fourth-order valence-corrected chi connectivity index (χ4v) is 3.58. The summed E-state index contributed by atoms with van der Waals surface area (Å²) in [4.78, 5) is 33.7. The standard InChI is InChI=1S/C22H21ClN6O4/c1-32-19-9-15-16(10-20(19)33-2)25-13-28(22(15)31)7-3-4-21(30)27-17-8-14(23)5-6-18(17)29-12-24-11-26-29/h5-6,8-13H,3-4,7H2,1-2H3,(H,27,30). The van der Waals surface area contributed by atoms with Gasteiger partial charge < -0.3 is 14.8 Å². The molecule has 10 nitrogen and oxygen atoms in total. The summed E-state index contributed by atoms with van der Waals surface area (Å²) >= 11 is 6.09. The predicted octanol–water partition coefficient (Wildman–Crippen LogP) is 3.07. The Balaban J connectivity index is 1.45. The number of halogens is 1. The lowest BCUT2D eigenvalue weighted by molar-refractivity contribution is -0.116. The lowest BCUT2D eigenvalue weighted by atomic mass is 10.2. The number of aryl methyl sites for hydroxylation is 1. The summed E-state index contributed by atoms with van der Waals surface area (Å²) in [6, 6.07) is 8.37. The quantitative estimate of drug-likeness (QED) is 0.422. The van der Waals surface area contributed by atoms with E-state index in [-0.39, 0.29) is 17.9 Å². The minimum atomic E-state index is -0.218. The zero-order chi connectivity index (χ0) is 23.4. The van der Waals surface area contributed by atoms with Crippen LogP contribution in [0.4, 0.5) is 5.69 Å². The molecule has 1 amide bonds. The van der Waals surface area contributed by atoms with Crippen LogP contribution in [-0.2, 0) is 11.3 Å². The molecule has 0 aliphatic heterocycles. The van der Waals surface area contributed by atoms with Crippen molar-refractivity contribution < 1.29 is 14.3 Å². The normalized spacial score (nSPS) is 10.9. The molecule has 2 aromatic heterocycles. The van der Waals surface area contributed by atoms with Crippen molar-refractivity contribution in [2.24, 2.45) is 0 Å². The highest BCUT2D eigenvalue weighted by atomic mass is 35.5. The number of methoxy groups -OCH3 is 2. The molecule has 0 aliphatic rings. The Kier molecular flexibility index (Phi) is 6.55. The topological polar surface area (TPSA) is 113 Å². The van der Waals surface area contributed by atoms with Crippen molar-refractivity contribution in [2.75, 3.05) is 19.5 Å². The van der Waals surface area contributed by atoms with Crippen LogP contribution in [0.15, 0.2) is 54.1 Å². The summed E-state index contributed by atoms with van der Waals surface area (Å²) in [6.45, 7) is 0.328. The summed E-state index contributed by atoms with van der Waals surface area (Å²) in [6.07, 6.45) is 5.03. The molecule has 0 saturated carbocycles. The second-order valence-electron chi connectivity index (χ2n) is 7.12. The Morgan fingerprint density at radius 1 is 1.12 bits per heavy atom. The maximum Gasteiger partial charge on any atom is 0.261 e. The third-order valence-electron chi connectivity index (χ3n) is 5.03. The predicted molar refractivity (Wildman–Crippen MR) is 123 cm³/mol. The van der Waals surface area contributed by atoms with Gasteiger partial charge in [0.05, 0.1) is 42.8 Å². The van der Waals surface area contributed by atoms with Gasteiger partial charge in [0.1, 0.15) is 12.7 Å². The number of carbonyl (C=O) groups excluding carboxylic acids is 1. The monoisotopic (exact) mass is 468 g/mol. The number of hydrogen-bond donors (Lipinski definition) is 1. The lowest BCUT2D eigenvalue weighted by Gasteiger charge is -2.12. The van der Waals surface area contributed by atoms with E-state index in [1.807, 2.05) is 0 Å². The van der Waals surface area contributed by atoms with Crippen LogP contribution < -0.4 is 20.3 Å². The van der Waals surface area contributed by atoms with E-state index < -0.39 is 0 Å². The molecule has 4 aromatic rings. The van der Waals surface area contributed by atoms with Crippen LogP contribution >= 0.6 is 11.6 Å². The Morgan fingerprint density at radius 2 is 1.91 bits per heavy atom. The molecule has 170 valence electrons. The van der Waals surface area contributed by atoms with Gasteiger partial charge in [-0.2, -0.15) is 5.10 Å². The van der Waals surface area contributed by atoms with Crippen molar-refractivity contribution in [1.29, 1.82) is 0 Å². The average Bonchev–Trinajstić information content (AvgIpc) is 3.34. The summed E-state index contributed by atoms with van der Waals surface area (Å²) in [7, 11) is 3.03. The maximum absolute atomic E-state index is 12.9. The van der Waals surface area contributed by atoms with Crippen LogP contribution in [-0.4, -0.2) is 44.4 Å². The Bertz CT molecular complexity index is 1350. The number of anilines is 1. The molecular weight excluding hydrogens is 448 g/mol. The Morgan fingerprint density at radius 3 is 2.64 bits per heavy atom. The van der Waals surface area contributed by atoms with E-state index >= 15 is 0 Å². The molecular formula is C22H21ClN6O4. The first-order chi connectivity index (χ1) is 16.0. The highest BCUT2D eigenvalue weighted by molar-refractivity contribution is 6.31. The highest BCUT2D eigenvalue weighted by Crippen LogP contribution is 2.30. The minimum Gasteiger partial charge on any atom is -0.493 e. The number of nitrogens with one attached hydrogen (secondary N) is 1. The van der Waals surface area contributed by atoms with E-state index in [4.69, 9.17) is 21.1 Å². The molecule has 0 fully saturated rings. The maximum atomic E-state index is 12.9. The zero-order valence-electron chi connectivity index (χ0n) is 18.0. The van der Waals surface area contributed by atoms with Crippen LogP contribution in [0.25, 0.3) is 16.6 Å². The molecule has 0 atom stereocenters. The van der Waals surface area contributed by atoms with E-state index in [2.05, 4.69) is 20.4 Å². The third-order valence-corrected chi connectivity index (χ3v) is 5.27. The molecule has 33 heavy (non-hydrogen) atoms. The van der Waals surface area contributed by atoms with Crippen molar-refractivity contribution in [3.63, 3.8) is 0 Å². The molecule has 2 aromatic carbocycles. The van der Waals surface area contributed by atoms with E-state index in [1.54, 1.807) is 30.3 Å². The van der Waals surface area contributed by atoms with Gasteiger partial charge in [0.15, 0.2) is 11.5 Å². The van der Waals surface area contributed by atoms with Crippen molar-refractivity contribution in [2.45, 2.75) is 19.4 Å². The number of amides is 1. The van der Waals surface area contributed by atoms with Crippen molar-refractivity contribution in [3.8, 4) is 17.2 Å².